The van der Waals surface area contributed by atoms with Gasteiger partial charge >= 0.3 is 23.9 Å². The van der Waals surface area contributed by atoms with Gasteiger partial charge in [0, 0.05) is 49.2 Å². The molecule has 25 nitrogen and oxygen atoms in total. The normalized spacial score (nSPS) is 38.9. The number of aliphatic hydroxyl groups excluding tert-OH is 1. The summed E-state index contributed by atoms with van der Waals surface area (Å²) in [6, 6.07) is 5.03. The van der Waals surface area contributed by atoms with Gasteiger partial charge in [-0.15, -0.1) is 11.8 Å². The Morgan fingerprint density at radius 3 is 2.20 bits per heavy atom. The van der Waals surface area contributed by atoms with Gasteiger partial charge in [0.1, 0.15) is 47.7 Å². The number of hydrogen-bond donors (Lipinski definition) is 4. The highest BCUT2D eigenvalue weighted by Crippen LogP contribution is 2.52. The van der Waals surface area contributed by atoms with E-state index in [-0.39, 0.29) is 61.5 Å². The first-order valence-electron chi connectivity index (χ1n) is 32.9. The number of ether oxygens (including phenoxy) is 10. The summed E-state index contributed by atoms with van der Waals surface area (Å²) in [5.41, 5.74) is -3.44. The molecule has 26 heteroatoms. The molecule has 6 unspecified atom stereocenters. The number of fused-ring (bicyclic) bond motifs is 2. The first-order valence-corrected chi connectivity index (χ1v) is 33.8. The molecule has 0 aromatic heterocycles. The number of rotatable bonds is 20. The van der Waals surface area contributed by atoms with Crippen molar-refractivity contribution < 1.29 is 96.2 Å². The zero-order chi connectivity index (χ0) is 68.6. The number of aliphatic carboxylic acids is 1. The van der Waals surface area contributed by atoms with E-state index in [9.17, 15) is 44.1 Å². The van der Waals surface area contributed by atoms with Crippen LogP contribution in [0, 0.1) is 23.2 Å². The Hall–Kier alpha value is -5.00. The molecule has 7 saturated heterocycles. The number of methoxy groups -OCH3 is 1. The number of β-lactam (4-membered cyclic amide) rings is 2. The molecule has 3 amide bonds. The van der Waals surface area contributed by atoms with E-state index in [0.717, 1.165) is 6.42 Å². The molecule has 0 aliphatic carbocycles. The van der Waals surface area contributed by atoms with Crippen LogP contribution in [-0.4, -0.2) is 244 Å². The molecule has 7 fully saturated rings. The van der Waals surface area contributed by atoms with Crippen molar-refractivity contribution in [2.24, 2.45) is 23.2 Å². The lowest BCUT2D eigenvalue weighted by Gasteiger charge is -2.50. The van der Waals surface area contributed by atoms with Gasteiger partial charge in [0.15, 0.2) is 30.8 Å². The molecule has 522 valence electrons. The molecule has 0 saturated carbocycles. The third-order valence-corrected chi connectivity index (χ3v) is 22.0. The number of carboxylic acids is 1. The molecule has 0 spiro atoms. The predicted molar refractivity (Wildman–Crippen MR) is 339 cm³/mol. The van der Waals surface area contributed by atoms with Gasteiger partial charge in [-0.2, -0.15) is 0 Å². The number of nitrogens with one attached hydrogen (secondary N) is 1. The minimum absolute atomic E-state index is 0.0460. The molecule has 1 aromatic rings. The summed E-state index contributed by atoms with van der Waals surface area (Å²) in [4.78, 5) is 102. The van der Waals surface area contributed by atoms with Crippen LogP contribution in [0.1, 0.15) is 146 Å². The predicted octanol–water partition coefficient (Wildman–Crippen LogP) is 4.96. The van der Waals surface area contributed by atoms with Gasteiger partial charge in [-0.1, -0.05) is 65.0 Å². The smallest absolute Gasteiger partial charge is 0.336 e. The van der Waals surface area contributed by atoms with Crippen molar-refractivity contribution in [1.29, 1.82) is 0 Å². The highest BCUT2D eigenvalue weighted by molar-refractivity contribution is 8.01. The van der Waals surface area contributed by atoms with E-state index in [1.165, 1.54) is 29.7 Å². The number of benzene rings is 1. The quantitative estimate of drug-likeness (QED) is 0.0580. The Labute approximate surface area is 551 Å². The van der Waals surface area contributed by atoms with Crippen molar-refractivity contribution in [3.05, 3.63) is 47.7 Å². The number of hydrogen-bond acceptors (Lipinski definition) is 22. The van der Waals surface area contributed by atoms with Gasteiger partial charge in [-0.3, -0.25) is 38.6 Å². The van der Waals surface area contributed by atoms with Gasteiger partial charge in [0.25, 0.3) is 0 Å². The third-order valence-electron chi connectivity index (χ3n) is 20.4. The number of carboxylic acid groups (broad SMARTS) is 1. The number of carbonyl (C=O) groups is 7. The zero-order valence-corrected chi connectivity index (χ0v) is 58.1. The van der Waals surface area contributed by atoms with Gasteiger partial charge in [0.2, 0.25) is 17.7 Å². The SMILES string of the molecule is CC[C@H]1OC(=O)[C@H](C)[C@@H](O[C@H]2C[C@@](C)(OC)[C@@H](OCC3N4C(=O)C(NC(=O)C(C(=O)O)c5ccccc5)C4SC3(C)C)[C@H](C)O2)[C@H](C)[C@@H](O[C@H]2C[C@@H](N(C)C)C[C@@H](C)O2)C(C)(C)C[C@@H](C)CN(C)[C@H](C)[C@@H](OC(=O)CCOC(=O)C2/C(=C/CO)OC3CC(=O)N32)[C@]1(C)O. The third kappa shape index (κ3) is 15.9. The molecule has 0 bridgehead atoms. The molecular formula is C67H103N5O20S. The number of aliphatic hydroxyl groups is 2. The average molecular weight is 1330 g/mol. The van der Waals surface area contributed by atoms with E-state index in [2.05, 4.69) is 31.0 Å². The molecule has 8 rings (SSSR count). The molecule has 7 aliphatic rings. The summed E-state index contributed by atoms with van der Waals surface area (Å²) >= 11 is 1.50. The Morgan fingerprint density at radius 2 is 1.58 bits per heavy atom. The molecule has 1 aromatic carbocycles. The molecule has 22 atom stereocenters. The van der Waals surface area contributed by atoms with Crippen LogP contribution in [0.25, 0.3) is 0 Å². The molecule has 93 heavy (non-hydrogen) atoms. The lowest BCUT2D eigenvalue weighted by molar-refractivity contribution is -0.311. The van der Waals surface area contributed by atoms with Crippen LogP contribution in [0.15, 0.2) is 42.2 Å². The van der Waals surface area contributed by atoms with Crippen molar-refractivity contribution in [2.45, 2.75) is 254 Å². The van der Waals surface area contributed by atoms with Crippen LogP contribution in [0.5, 0.6) is 0 Å². The molecule has 4 N–H and O–H groups in total. The van der Waals surface area contributed by atoms with Gasteiger partial charge < -0.3 is 77.8 Å². The Kier molecular flexibility index (Phi) is 23.6. The summed E-state index contributed by atoms with van der Waals surface area (Å²) in [6.07, 6.45) is -4.83. The van der Waals surface area contributed by atoms with Gasteiger partial charge in [-0.25, -0.2) is 4.79 Å². The van der Waals surface area contributed by atoms with Crippen LogP contribution >= 0.6 is 11.8 Å². The summed E-state index contributed by atoms with van der Waals surface area (Å²) in [6.45, 7) is 24.6. The van der Waals surface area contributed by atoms with Crippen LogP contribution in [0.2, 0.25) is 0 Å². The summed E-state index contributed by atoms with van der Waals surface area (Å²) in [7, 11) is 7.54. The van der Waals surface area contributed by atoms with Crippen LogP contribution < -0.4 is 5.32 Å². The zero-order valence-electron chi connectivity index (χ0n) is 57.3. The van der Waals surface area contributed by atoms with Crippen molar-refractivity contribution in [3.63, 3.8) is 0 Å². The Balaban J connectivity index is 1.03. The first-order chi connectivity index (χ1) is 43.6. The summed E-state index contributed by atoms with van der Waals surface area (Å²) in [5.74, 6) is -8.25. The minimum Gasteiger partial charge on any atom is -0.480 e. The molecule has 0 radical (unpaired) electrons. The van der Waals surface area contributed by atoms with Gasteiger partial charge in [-0.05, 0) is 119 Å². The van der Waals surface area contributed by atoms with E-state index < -0.39 is 174 Å². The molecule has 7 heterocycles. The monoisotopic (exact) mass is 1330 g/mol. The Bertz CT molecular complexity index is 2860. The minimum atomic E-state index is -2.02. The number of cyclic esters (lactones) is 1. The van der Waals surface area contributed by atoms with Crippen molar-refractivity contribution in [2.75, 3.05) is 54.6 Å². The van der Waals surface area contributed by atoms with E-state index in [4.69, 9.17) is 47.4 Å². The number of esters is 3. The lowest BCUT2D eigenvalue weighted by Crippen LogP contribution is -2.70. The average Bonchev–Trinajstić information content (AvgIpc) is 1.58. The van der Waals surface area contributed by atoms with Crippen molar-refractivity contribution >= 4 is 53.4 Å². The second kappa shape index (κ2) is 29.8. The van der Waals surface area contributed by atoms with Crippen molar-refractivity contribution in [1.82, 2.24) is 24.9 Å². The number of likely N-dealkylation sites (N-methyl/N-ethyl adjacent to an activating group) is 1. The standard InChI is InChI=1S/C67H103N5O20S/c1-18-45-67(13,82)56(90-48(75)25-27-84-63(81)53-43(24-26-73)88-47-30-46(74)72(47)53)39(6)70(16)33-35(2)31-64(8,9)55(92-49-29-42(69(14)15)28-36(3)86-49)37(4)54(38(5)62(80)89-45)91-50-32-66(12,83-17)57(40(7)87-50)85-34-44-65(10,11)93-60-52(59(77)71(44)60)68-58(76)51(61(78)79)41-22-20-19-21-23-41/h19-24,35-40,42,44-45,47,49-57,60,73,82H,18,25-34H2,1-17H3,(H,68,76)(H,78,79)/b43-24-/t35-,36-,37+,38-,39-,40+,42+,44?,45-,47?,49+,50+,51?,52?,53?,54+,55-,56-,57+,60?,66-,67-/m1/s1. The fourth-order valence-corrected chi connectivity index (χ4v) is 16.9. The van der Waals surface area contributed by atoms with E-state index in [1.54, 1.807) is 56.2 Å². The highest BCUT2D eigenvalue weighted by Gasteiger charge is 2.63. The second-order valence-electron chi connectivity index (χ2n) is 28.7. The number of thioether (sulfide) groups is 1. The number of amides is 3. The van der Waals surface area contributed by atoms with E-state index >= 15 is 4.79 Å². The highest BCUT2D eigenvalue weighted by atomic mass is 32.2. The van der Waals surface area contributed by atoms with E-state index in [1.807, 2.05) is 74.5 Å². The first kappa shape index (κ1) is 73.8. The molecule has 7 aliphatic heterocycles. The lowest BCUT2D eigenvalue weighted by atomic mass is 9.71. The van der Waals surface area contributed by atoms with Crippen LogP contribution in [0.3, 0.4) is 0 Å². The van der Waals surface area contributed by atoms with Gasteiger partial charge in [0.05, 0.1) is 68.0 Å². The second-order valence-corrected chi connectivity index (χ2v) is 30.5. The summed E-state index contributed by atoms with van der Waals surface area (Å²) in [5, 5.41) is 34.8. The fourth-order valence-electron chi connectivity index (χ4n) is 15.3. The molecular weight excluding hydrogens is 1230 g/mol. The fraction of sp³-hybridized carbons (Fsp3) is 0.776. The maximum absolute atomic E-state index is 15.3. The number of carbonyl (C=O) groups excluding carboxylic acids is 6. The largest absolute Gasteiger partial charge is 0.480 e. The van der Waals surface area contributed by atoms with Crippen molar-refractivity contribution in [3.8, 4) is 0 Å². The van der Waals surface area contributed by atoms with Crippen LogP contribution in [-0.2, 0) is 80.9 Å². The topological polar surface area (TPSA) is 297 Å². The maximum Gasteiger partial charge on any atom is 0.336 e. The summed E-state index contributed by atoms with van der Waals surface area (Å²) < 4.78 is 64.4. The van der Waals surface area contributed by atoms with E-state index in [0.29, 0.717) is 24.9 Å². The maximum atomic E-state index is 15.3. The Morgan fingerprint density at radius 1 is 0.892 bits per heavy atom. The van der Waals surface area contributed by atoms with Crippen LogP contribution in [0.4, 0.5) is 0 Å². The number of nitrogens with zero attached hydrogens (tertiary/aromatic N) is 4.